The minimum atomic E-state index is 0.101. The van der Waals surface area contributed by atoms with E-state index in [4.69, 9.17) is 22.7 Å². The molecule has 108 valence electrons. The molecular formula is C16H22ClN3. The van der Waals surface area contributed by atoms with Crippen LogP contribution in [0.4, 0.5) is 5.69 Å². The molecule has 0 atom stereocenters. The number of rotatable bonds is 2. The molecule has 0 bridgehead atoms. The van der Waals surface area contributed by atoms with Crippen molar-refractivity contribution in [3.05, 3.63) is 28.8 Å². The van der Waals surface area contributed by atoms with E-state index in [1.165, 1.54) is 38.5 Å². The van der Waals surface area contributed by atoms with Crippen molar-refractivity contribution in [3.63, 3.8) is 0 Å². The second kappa shape index (κ2) is 5.28. The Kier molecular flexibility index (Phi) is 3.63. The average Bonchev–Trinajstić information content (AvgIpc) is 2.88. The van der Waals surface area contributed by atoms with E-state index in [0.717, 1.165) is 24.3 Å². The largest absolute Gasteiger partial charge is 0.384 e. The number of halogens is 1. The van der Waals surface area contributed by atoms with Gasteiger partial charge in [-0.15, -0.1) is 0 Å². The predicted molar refractivity (Wildman–Crippen MR) is 84.8 cm³/mol. The molecule has 1 aromatic carbocycles. The molecule has 1 aliphatic carbocycles. The first-order chi connectivity index (χ1) is 9.60. The molecule has 0 radical (unpaired) electrons. The maximum Gasteiger partial charge on any atom is 0.124 e. The van der Waals surface area contributed by atoms with Crippen LogP contribution < -0.4 is 10.6 Å². The Labute approximate surface area is 125 Å². The van der Waals surface area contributed by atoms with E-state index < -0.39 is 0 Å². The highest BCUT2D eigenvalue weighted by Gasteiger charge is 2.37. The number of hydrogen-bond donors (Lipinski definition) is 2. The molecule has 2 fully saturated rings. The maximum absolute atomic E-state index is 7.74. The molecule has 1 aliphatic heterocycles. The smallest absolute Gasteiger partial charge is 0.124 e. The van der Waals surface area contributed by atoms with Crippen LogP contribution in [0.5, 0.6) is 0 Å². The third kappa shape index (κ3) is 2.51. The molecule has 2 aliphatic rings. The zero-order chi connectivity index (χ0) is 14.2. The fourth-order valence-corrected chi connectivity index (χ4v) is 4.02. The highest BCUT2D eigenvalue weighted by molar-refractivity contribution is 6.31. The Morgan fingerprint density at radius 2 is 1.80 bits per heavy atom. The van der Waals surface area contributed by atoms with Gasteiger partial charge in [-0.05, 0) is 49.3 Å². The lowest BCUT2D eigenvalue weighted by Crippen LogP contribution is -2.39. The third-order valence-corrected chi connectivity index (χ3v) is 5.31. The van der Waals surface area contributed by atoms with Crippen LogP contribution >= 0.6 is 11.6 Å². The van der Waals surface area contributed by atoms with E-state index in [-0.39, 0.29) is 5.84 Å². The summed E-state index contributed by atoms with van der Waals surface area (Å²) in [5.74, 6) is 0.101. The first-order valence-corrected chi connectivity index (χ1v) is 7.86. The highest BCUT2D eigenvalue weighted by atomic mass is 35.5. The van der Waals surface area contributed by atoms with Gasteiger partial charge in [-0.1, -0.05) is 24.4 Å². The normalized spacial score (nSPS) is 21.4. The average molecular weight is 292 g/mol. The van der Waals surface area contributed by atoms with Crippen LogP contribution in [0.15, 0.2) is 18.2 Å². The molecule has 1 saturated heterocycles. The third-order valence-electron chi connectivity index (χ3n) is 5.08. The van der Waals surface area contributed by atoms with Crippen molar-refractivity contribution in [2.24, 2.45) is 11.1 Å². The number of amidine groups is 1. The molecule has 0 amide bonds. The second-order valence-electron chi connectivity index (χ2n) is 6.27. The first-order valence-electron chi connectivity index (χ1n) is 7.49. The van der Waals surface area contributed by atoms with E-state index in [1.807, 2.05) is 12.1 Å². The minimum Gasteiger partial charge on any atom is -0.384 e. The van der Waals surface area contributed by atoms with Crippen LogP contribution in [0.2, 0.25) is 5.02 Å². The topological polar surface area (TPSA) is 53.1 Å². The highest BCUT2D eigenvalue weighted by Crippen LogP contribution is 2.46. The summed E-state index contributed by atoms with van der Waals surface area (Å²) < 4.78 is 0. The van der Waals surface area contributed by atoms with Crippen LogP contribution in [-0.2, 0) is 0 Å². The van der Waals surface area contributed by atoms with Gasteiger partial charge in [0.25, 0.3) is 0 Å². The number of hydrogen-bond acceptors (Lipinski definition) is 2. The molecule has 20 heavy (non-hydrogen) atoms. The van der Waals surface area contributed by atoms with E-state index in [9.17, 15) is 0 Å². The summed E-state index contributed by atoms with van der Waals surface area (Å²) >= 11 is 6.03. The SMILES string of the molecule is N=C(N)c1cc(Cl)ccc1N1CCC2(CCCC2)CC1. The van der Waals surface area contributed by atoms with Gasteiger partial charge in [0.15, 0.2) is 0 Å². The van der Waals surface area contributed by atoms with Gasteiger partial charge < -0.3 is 10.6 Å². The van der Waals surface area contributed by atoms with Crippen molar-refractivity contribution in [2.75, 3.05) is 18.0 Å². The van der Waals surface area contributed by atoms with Gasteiger partial charge in [0.1, 0.15) is 5.84 Å². The summed E-state index contributed by atoms with van der Waals surface area (Å²) in [6.45, 7) is 2.14. The molecule has 3 N–H and O–H groups in total. The standard InChI is InChI=1S/C16H22ClN3/c17-12-3-4-14(13(11-12)15(18)19)20-9-7-16(8-10-20)5-1-2-6-16/h3-4,11H,1-2,5-10H2,(H3,18,19). The second-order valence-corrected chi connectivity index (χ2v) is 6.71. The summed E-state index contributed by atoms with van der Waals surface area (Å²) in [6, 6.07) is 5.70. The van der Waals surface area contributed by atoms with Crippen LogP contribution in [0.3, 0.4) is 0 Å². The van der Waals surface area contributed by atoms with Crippen molar-refractivity contribution >= 4 is 23.1 Å². The zero-order valence-corrected chi connectivity index (χ0v) is 12.5. The predicted octanol–water partition coefficient (Wildman–Crippen LogP) is 3.78. The van der Waals surface area contributed by atoms with E-state index in [1.54, 1.807) is 6.07 Å². The molecule has 1 spiro atoms. The Morgan fingerprint density at radius 1 is 1.15 bits per heavy atom. The molecule has 1 heterocycles. The lowest BCUT2D eigenvalue weighted by atomic mass is 9.77. The summed E-state index contributed by atoms with van der Waals surface area (Å²) in [7, 11) is 0. The molecule has 1 saturated carbocycles. The molecule has 3 nitrogen and oxygen atoms in total. The van der Waals surface area contributed by atoms with Crippen molar-refractivity contribution in [3.8, 4) is 0 Å². The van der Waals surface area contributed by atoms with E-state index >= 15 is 0 Å². The number of nitrogens with zero attached hydrogens (tertiary/aromatic N) is 1. The first kappa shape index (κ1) is 13.7. The number of nitrogens with two attached hydrogens (primary N) is 1. The summed E-state index contributed by atoms with van der Waals surface area (Å²) in [5.41, 5.74) is 8.14. The lowest BCUT2D eigenvalue weighted by molar-refractivity contribution is 0.226. The zero-order valence-electron chi connectivity index (χ0n) is 11.8. The number of benzene rings is 1. The quantitative estimate of drug-likeness (QED) is 0.643. The molecular weight excluding hydrogens is 270 g/mol. The van der Waals surface area contributed by atoms with Crippen molar-refractivity contribution in [1.82, 2.24) is 0 Å². The number of piperidine rings is 1. The van der Waals surface area contributed by atoms with Crippen LogP contribution in [0.25, 0.3) is 0 Å². The molecule has 1 aromatic rings. The van der Waals surface area contributed by atoms with Gasteiger partial charge in [0.05, 0.1) is 0 Å². The summed E-state index contributed by atoms with van der Waals surface area (Å²) in [6.07, 6.45) is 8.15. The molecule has 0 unspecified atom stereocenters. The Morgan fingerprint density at radius 3 is 2.40 bits per heavy atom. The summed E-state index contributed by atoms with van der Waals surface area (Å²) in [4.78, 5) is 2.37. The van der Waals surface area contributed by atoms with Gasteiger partial charge in [-0.25, -0.2) is 0 Å². The Balaban J connectivity index is 1.79. The fourth-order valence-electron chi connectivity index (χ4n) is 3.85. The molecule has 4 heteroatoms. The monoisotopic (exact) mass is 291 g/mol. The van der Waals surface area contributed by atoms with Crippen LogP contribution in [-0.4, -0.2) is 18.9 Å². The Bertz CT molecular complexity index is 510. The van der Waals surface area contributed by atoms with Crippen molar-refractivity contribution in [1.29, 1.82) is 5.41 Å². The number of nitrogen functional groups attached to an aromatic ring is 1. The fraction of sp³-hybridized carbons (Fsp3) is 0.562. The van der Waals surface area contributed by atoms with Gasteiger partial charge in [-0.3, -0.25) is 5.41 Å². The van der Waals surface area contributed by atoms with Crippen molar-refractivity contribution in [2.45, 2.75) is 38.5 Å². The molecule has 3 rings (SSSR count). The number of nitrogens with one attached hydrogen (secondary N) is 1. The van der Waals surface area contributed by atoms with Gasteiger partial charge in [0.2, 0.25) is 0 Å². The number of anilines is 1. The van der Waals surface area contributed by atoms with E-state index in [2.05, 4.69) is 4.90 Å². The van der Waals surface area contributed by atoms with Gasteiger partial charge in [0, 0.05) is 29.4 Å². The van der Waals surface area contributed by atoms with Gasteiger partial charge >= 0.3 is 0 Å². The van der Waals surface area contributed by atoms with Crippen molar-refractivity contribution < 1.29 is 0 Å². The minimum absolute atomic E-state index is 0.101. The van der Waals surface area contributed by atoms with Gasteiger partial charge in [-0.2, -0.15) is 0 Å². The maximum atomic E-state index is 7.74. The lowest BCUT2D eigenvalue weighted by Gasteiger charge is -2.41. The Hall–Kier alpha value is -1.22. The van der Waals surface area contributed by atoms with Crippen LogP contribution in [0, 0.1) is 10.8 Å². The van der Waals surface area contributed by atoms with E-state index in [0.29, 0.717) is 10.4 Å². The molecule has 0 aromatic heterocycles. The van der Waals surface area contributed by atoms with Crippen LogP contribution in [0.1, 0.15) is 44.1 Å². The summed E-state index contributed by atoms with van der Waals surface area (Å²) in [5, 5.41) is 8.39.